The minimum absolute atomic E-state index is 0.0462. The molecule has 1 aliphatic heterocycles. The first-order valence-electron chi connectivity index (χ1n) is 5.76. The Morgan fingerprint density at radius 2 is 2.18 bits per heavy atom. The molecule has 0 radical (unpaired) electrons. The molecule has 90 valence electrons. The molecule has 17 heavy (non-hydrogen) atoms. The van der Waals surface area contributed by atoms with E-state index < -0.39 is 0 Å². The van der Waals surface area contributed by atoms with Crippen molar-refractivity contribution in [3.05, 3.63) is 34.2 Å². The van der Waals surface area contributed by atoms with Gasteiger partial charge in [-0.1, -0.05) is 13.8 Å². The van der Waals surface area contributed by atoms with Crippen molar-refractivity contribution in [1.82, 2.24) is 9.61 Å². The van der Waals surface area contributed by atoms with E-state index in [-0.39, 0.29) is 11.0 Å². The van der Waals surface area contributed by atoms with Crippen LogP contribution >= 0.6 is 9.39 Å². The molecule has 2 aromatic heterocycles. The van der Waals surface area contributed by atoms with Crippen molar-refractivity contribution in [2.45, 2.75) is 25.7 Å². The lowest BCUT2D eigenvalue weighted by Gasteiger charge is -2.38. The summed E-state index contributed by atoms with van der Waals surface area (Å²) in [5.41, 5.74) is 3.31. The fourth-order valence-electron chi connectivity index (χ4n) is 2.59. The molecule has 5 heteroatoms. The Kier molecular flexibility index (Phi) is 2.14. The van der Waals surface area contributed by atoms with Crippen LogP contribution in [-0.2, 0) is 5.41 Å². The molecule has 4 nitrogen and oxygen atoms in total. The second-order valence-electron chi connectivity index (χ2n) is 5.28. The van der Waals surface area contributed by atoms with Crippen molar-refractivity contribution in [1.29, 1.82) is 0 Å². The van der Waals surface area contributed by atoms with Gasteiger partial charge in [0, 0.05) is 18.0 Å². The molecular formula is C12H16N3OP. The molecule has 0 saturated heterocycles. The number of H-pyrrole nitrogens is 1. The van der Waals surface area contributed by atoms with Gasteiger partial charge in [-0.05, 0) is 27.9 Å². The molecule has 2 aromatic rings. The molecule has 0 fully saturated rings. The highest BCUT2D eigenvalue weighted by Gasteiger charge is 2.32. The minimum atomic E-state index is -0.0462. The average molecular weight is 249 g/mol. The maximum Gasteiger partial charge on any atom is 0.264 e. The first kappa shape index (κ1) is 10.8. The van der Waals surface area contributed by atoms with Crippen LogP contribution in [0.2, 0.25) is 0 Å². The molecule has 3 heterocycles. The molecule has 3 rings (SSSR count). The van der Waals surface area contributed by atoms with E-state index in [1.807, 2.05) is 10.6 Å². The summed E-state index contributed by atoms with van der Waals surface area (Å²) >= 11 is 0. The van der Waals surface area contributed by atoms with Crippen LogP contribution in [0.5, 0.6) is 0 Å². The zero-order valence-corrected chi connectivity index (χ0v) is 11.2. The van der Waals surface area contributed by atoms with E-state index >= 15 is 0 Å². The molecule has 0 aromatic carbocycles. The minimum Gasteiger partial charge on any atom is -0.355 e. The van der Waals surface area contributed by atoms with Gasteiger partial charge in [-0.2, -0.15) is 0 Å². The third kappa shape index (κ3) is 1.51. The SMILES string of the molecule is CC1(C)CCN(P)c2ccc3cc(=O)[nH]n3c21. The quantitative estimate of drug-likeness (QED) is 0.724. The molecule has 0 saturated carbocycles. The fraction of sp³-hybridized carbons (Fsp3) is 0.417. The summed E-state index contributed by atoms with van der Waals surface area (Å²) in [6.07, 6.45) is 1.07. The van der Waals surface area contributed by atoms with Crippen LogP contribution in [0.15, 0.2) is 23.0 Å². The summed E-state index contributed by atoms with van der Waals surface area (Å²) in [5, 5.41) is 2.89. The van der Waals surface area contributed by atoms with Gasteiger partial charge >= 0.3 is 0 Å². The monoisotopic (exact) mass is 249 g/mol. The van der Waals surface area contributed by atoms with Gasteiger partial charge in [0.15, 0.2) is 0 Å². The number of nitrogens with one attached hydrogen (secondary N) is 1. The Morgan fingerprint density at radius 3 is 2.94 bits per heavy atom. The van der Waals surface area contributed by atoms with Crippen LogP contribution < -0.4 is 10.2 Å². The Balaban J connectivity index is 2.43. The number of aromatic amines is 1. The van der Waals surface area contributed by atoms with Crippen molar-refractivity contribution in [2.75, 3.05) is 11.2 Å². The zero-order chi connectivity index (χ0) is 12.2. The largest absolute Gasteiger partial charge is 0.355 e. The molecule has 0 amide bonds. The van der Waals surface area contributed by atoms with Crippen molar-refractivity contribution < 1.29 is 0 Å². The molecule has 1 unspecified atom stereocenters. The van der Waals surface area contributed by atoms with Crippen molar-refractivity contribution in [3.8, 4) is 0 Å². The predicted octanol–water partition coefficient (Wildman–Crippen LogP) is 1.91. The van der Waals surface area contributed by atoms with Gasteiger partial charge in [-0.25, -0.2) is 0 Å². The van der Waals surface area contributed by atoms with Crippen LogP contribution in [0.25, 0.3) is 5.52 Å². The standard InChI is InChI=1S/C12H16N3OP/c1-12(2)5-6-14(17)9-4-3-8-7-10(16)13-15(8)11(9)12/h3-4,7H,5-6,17H2,1-2H3,(H,13,16). The number of pyridine rings is 1. The first-order chi connectivity index (χ1) is 7.99. The summed E-state index contributed by atoms with van der Waals surface area (Å²) < 4.78 is 4.09. The van der Waals surface area contributed by atoms with Crippen LogP contribution in [0, 0.1) is 0 Å². The second-order valence-corrected chi connectivity index (χ2v) is 5.90. The summed E-state index contributed by atoms with van der Waals surface area (Å²) in [4.78, 5) is 11.5. The lowest BCUT2D eigenvalue weighted by atomic mass is 9.82. The summed E-state index contributed by atoms with van der Waals surface area (Å²) in [6, 6.07) is 5.71. The Hall–Kier alpha value is -1.28. The normalized spacial score (nSPS) is 18.4. The van der Waals surface area contributed by atoms with Gasteiger partial charge in [0.2, 0.25) is 0 Å². The van der Waals surface area contributed by atoms with Crippen LogP contribution in [0.3, 0.4) is 0 Å². The van der Waals surface area contributed by atoms with Gasteiger partial charge < -0.3 is 4.67 Å². The van der Waals surface area contributed by atoms with E-state index in [1.54, 1.807) is 6.07 Å². The molecule has 1 aliphatic rings. The van der Waals surface area contributed by atoms with Gasteiger partial charge in [0.25, 0.3) is 5.56 Å². The number of hydrogen-bond donors (Lipinski definition) is 1. The van der Waals surface area contributed by atoms with Gasteiger partial charge in [-0.3, -0.25) is 14.4 Å². The highest BCUT2D eigenvalue weighted by Crippen LogP contribution is 2.40. The van der Waals surface area contributed by atoms with Crippen LogP contribution in [0.4, 0.5) is 5.69 Å². The van der Waals surface area contributed by atoms with Crippen LogP contribution in [-0.4, -0.2) is 16.2 Å². The zero-order valence-electron chi connectivity index (χ0n) is 10.0. The topological polar surface area (TPSA) is 40.5 Å². The maximum atomic E-state index is 11.5. The highest BCUT2D eigenvalue weighted by molar-refractivity contribution is 7.19. The summed E-state index contributed by atoms with van der Waals surface area (Å²) in [5.74, 6) is 0. The van der Waals surface area contributed by atoms with Crippen molar-refractivity contribution >= 4 is 20.6 Å². The van der Waals surface area contributed by atoms with Crippen molar-refractivity contribution in [2.24, 2.45) is 0 Å². The number of hydrogen-bond acceptors (Lipinski definition) is 2. The molecule has 0 spiro atoms. The average Bonchev–Trinajstić information content (AvgIpc) is 2.63. The third-order valence-electron chi connectivity index (χ3n) is 3.57. The lowest BCUT2D eigenvalue weighted by molar-refractivity contribution is 0.446. The van der Waals surface area contributed by atoms with E-state index in [9.17, 15) is 4.79 Å². The number of fused-ring (bicyclic) bond motifs is 3. The molecule has 0 aliphatic carbocycles. The van der Waals surface area contributed by atoms with E-state index in [4.69, 9.17) is 0 Å². The van der Waals surface area contributed by atoms with E-state index in [0.29, 0.717) is 0 Å². The number of rotatable bonds is 0. The number of aromatic nitrogens is 2. The maximum absolute atomic E-state index is 11.5. The Morgan fingerprint density at radius 1 is 1.41 bits per heavy atom. The molecule has 0 bridgehead atoms. The van der Waals surface area contributed by atoms with Gasteiger partial charge in [-0.15, -0.1) is 0 Å². The highest BCUT2D eigenvalue weighted by atomic mass is 31.0. The van der Waals surface area contributed by atoms with E-state index in [0.717, 1.165) is 18.5 Å². The van der Waals surface area contributed by atoms with Crippen LogP contribution in [0.1, 0.15) is 26.0 Å². The number of anilines is 1. The third-order valence-corrected chi connectivity index (χ3v) is 4.10. The number of nitrogens with zero attached hydrogens (tertiary/aromatic N) is 2. The van der Waals surface area contributed by atoms with E-state index in [1.165, 1.54) is 11.4 Å². The molecular weight excluding hydrogens is 233 g/mol. The van der Waals surface area contributed by atoms with Crippen molar-refractivity contribution in [3.63, 3.8) is 0 Å². The van der Waals surface area contributed by atoms with Gasteiger partial charge in [0.05, 0.1) is 16.9 Å². The smallest absolute Gasteiger partial charge is 0.264 e. The Labute approximate surface area is 102 Å². The Bertz CT molecular complexity index is 641. The fourth-order valence-corrected chi connectivity index (χ4v) is 2.93. The summed E-state index contributed by atoms with van der Waals surface area (Å²) in [6.45, 7) is 5.46. The summed E-state index contributed by atoms with van der Waals surface area (Å²) in [7, 11) is 2.75. The first-order valence-corrected chi connectivity index (χ1v) is 6.28. The molecule has 1 atom stereocenters. The van der Waals surface area contributed by atoms with Gasteiger partial charge in [0.1, 0.15) is 0 Å². The predicted molar refractivity (Wildman–Crippen MR) is 72.7 cm³/mol. The van der Waals surface area contributed by atoms with E-state index in [2.05, 4.69) is 39.1 Å². The molecule has 1 N–H and O–H groups in total. The second kappa shape index (κ2) is 3.36. The lowest BCUT2D eigenvalue weighted by Crippen LogP contribution is -2.34.